The molecule has 1 aliphatic rings. The van der Waals surface area contributed by atoms with Crippen LogP contribution in [-0.2, 0) is 21.5 Å². The van der Waals surface area contributed by atoms with Crippen molar-refractivity contribution >= 4 is 29.4 Å². The summed E-state index contributed by atoms with van der Waals surface area (Å²) in [6.45, 7) is 8.39. The Balaban J connectivity index is 1.71. The van der Waals surface area contributed by atoms with Crippen LogP contribution in [0.4, 0.5) is 5.82 Å². The fourth-order valence-electron chi connectivity index (χ4n) is 5.03. The summed E-state index contributed by atoms with van der Waals surface area (Å²) in [5.74, 6) is 2.23. The SMILES string of the molecule is COc1ccc(OC)c([C@@H]2SCC(=O)N(CC(=O)NCc3ccco3)c3c2c(C(C)(C)C)nn3-c2ccc(C)cc2)c1. The molecule has 0 bridgehead atoms. The smallest absolute Gasteiger partial charge is 0.240 e. The molecule has 1 aliphatic heterocycles. The first-order valence-electron chi connectivity index (χ1n) is 13.7. The van der Waals surface area contributed by atoms with E-state index in [1.165, 1.54) is 11.8 Å². The predicted octanol–water partition coefficient (Wildman–Crippen LogP) is 5.57. The van der Waals surface area contributed by atoms with Crippen LogP contribution in [0.2, 0.25) is 0 Å². The maximum Gasteiger partial charge on any atom is 0.240 e. The standard InChI is InChI=1S/C32H36N4O5S/c1-20-9-11-21(12-10-20)36-31-28(30(34-36)32(2,3)4)29(24-16-22(39-5)13-14-25(24)40-6)42-19-27(38)35(31)18-26(37)33-17-23-8-7-15-41-23/h7-16,29H,17-19H2,1-6H3,(H,33,37)/t29-/m0/s1. The number of hydrogen-bond acceptors (Lipinski definition) is 7. The van der Waals surface area contributed by atoms with Crippen molar-refractivity contribution < 1.29 is 23.5 Å². The van der Waals surface area contributed by atoms with E-state index in [1.807, 2.05) is 49.4 Å². The normalized spacial score (nSPS) is 15.2. The number of fused-ring (bicyclic) bond motifs is 1. The number of benzene rings is 2. The molecule has 2 aromatic heterocycles. The number of hydrogen-bond donors (Lipinski definition) is 1. The summed E-state index contributed by atoms with van der Waals surface area (Å²) >= 11 is 1.49. The van der Waals surface area contributed by atoms with E-state index in [0.29, 0.717) is 23.1 Å². The van der Waals surface area contributed by atoms with Crippen LogP contribution in [0.1, 0.15) is 54.2 Å². The Hall–Kier alpha value is -4.18. The molecule has 0 fully saturated rings. The van der Waals surface area contributed by atoms with Crippen LogP contribution < -0.4 is 19.7 Å². The molecule has 1 atom stereocenters. The second-order valence-corrected chi connectivity index (χ2v) is 12.3. The van der Waals surface area contributed by atoms with Crippen molar-refractivity contribution in [2.45, 2.75) is 44.9 Å². The van der Waals surface area contributed by atoms with Crippen molar-refractivity contribution in [1.29, 1.82) is 0 Å². The third-order valence-corrected chi connectivity index (χ3v) is 8.38. The van der Waals surface area contributed by atoms with Crippen LogP contribution in [-0.4, -0.2) is 48.1 Å². The number of ether oxygens (including phenoxy) is 2. The second kappa shape index (κ2) is 12.0. The van der Waals surface area contributed by atoms with Crippen LogP contribution in [0.5, 0.6) is 11.5 Å². The average molecular weight is 589 g/mol. The van der Waals surface area contributed by atoms with E-state index >= 15 is 0 Å². The minimum atomic E-state index is -0.383. The first-order chi connectivity index (χ1) is 20.1. The zero-order chi connectivity index (χ0) is 30.0. The monoisotopic (exact) mass is 588 g/mol. The van der Waals surface area contributed by atoms with E-state index in [2.05, 4.69) is 26.1 Å². The molecule has 9 nitrogen and oxygen atoms in total. The summed E-state index contributed by atoms with van der Waals surface area (Å²) in [7, 11) is 3.26. The topological polar surface area (TPSA) is 98.8 Å². The van der Waals surface area contributed by atoms with Crippen LogP contribution in [0.25, 0.3) is 5.69 Å². The van der Waals surface area contributed by atoms with E-state index in [4.69, 9.17) is 19.0 Å². The van der Waals surface area contributed by atoms with Gasteiger partial charge in [-0.05, 0) is 49.4 Å². The van der Waals surface area contributed by atoms with E-state index in [9.17, 15) is 9.59 Å². The van der Waals surface area contributed by atoms with E-state index in [0.717, 1.165) is 28.1 Å². The number of anilines is 1. The van der Waals surface area contributed by atoms with Crippen LogP contribution in [0, 0.1) is 6.92 Å². The van der Waals surface area contributed by atoms with Crippen molar-refractivity contribution in [1.82, 2.24) is 15.1 Å². The van der Waals surface area contributed by atoms with Gasteiger partial charge in [0, 0.05) is 16.5 Å². The summed E-state index contributed by atoms with van der Waals surface area (Å²) < 4.78 is 18.6. The minimum absolute atomic E-state index is 0.155. The summed E-state index contributed by atoms with van der Waals surface area (Å²) in [5.41, 5.74) is 4.08. The van der Waals surface area contributed by atoms with Gasteiger partial charge >= 0.3 is 0 Å². The third kappa shape index (κ3) is 5.90. The van der Waals surface area contributed by atoms with Gasteiger partial charge in [-0.25, -0.2) is 4.68 Å². The molecular formula is C32H36N4O5S. The number of amides is 2. The number of methoxy groups -OCH3 is 2. The second-order valence-electron chi connectivity index (χ2n) is 11.2. The molecule has 0 spiro atoms. The van der Waals surface area contributed by atoms with Gasteiger partial charge in [-0.1, -0.05) is 38.5 Å². The van der Waals surface area contributed by atoms with Gasteiger partial charge in [0.1, 0.15) is 29.6 Å². The van der Waals surface area contributed by atoms with Crippen LogP contribution >= 0.6 is 11.8 Å². The highest BCUT2D eigenvalue weighted by atomic mass is 32.2. The number of nitrogens with zero attached hydrogens (tertiary/aromatic N) is 3. The van der Waals surface area contributed by atoms with Crippen LogP contribution in [0.3, 0.4) is 0 Å². The lowest BCUT2D eigenvalue weighted by molar-refractivity contribution is -0.123. The summed E-state index contributed by atoms with van der Waals surface area (Å²) in [6.07, 6.45) is 1.56. The van der Waals surface area contributed by atoms with Gasteiger partial charge in [0.15, 0.2) is 0 Å². The first kappa shape index (κ1) is 29.3. The number of carbonyl (C=O) groups is 2. The van der Waals surface area contributed by atoms with Gasteiger partial charge in [-0.15, -0.1) is 11.8 Å². The number of thioether (sulfide) groups is 1. The lowest BCUT2D eigenvalue weighted by atomic mass is 9.87. The van der Waals surface area contributed by atoms with Crippen molar-refractivity contribution in [3.63, 3.8) is 0 Å². The Kier molecular flexibility index (Phi) is 8.36. The Morgan fingerprint density at radius 1 is 1.12 bits per heavy atom. The fourth-order valence-corrected chi connectivity index (χ4v) is 6.24. The zero-order valence-corrected chi connectivity index (χ0v) is 25.6. The average Bonchev–Trinajstić information content (AvgIpc) is 3.61. The lowest BCUT2D eigenvalue weighted by Crippen LogP contribution is -2.42. The Morgan fingerprint density at radius 2 is 1.88 bits per heavy atom. The highest BCUT2D eigenvalue weighted by molar-refractivity contribution is 8.00. The minimum Gasteiger partial charge on any atom is -0.497 e. The highest BCUT2D eigenvalue weighted by Gasteiger charge is 2.40. The number of carbonyl (C=O) groups excluding carboxylic acids is 2. The van der Waals surface area contributed by atoms with E-state index < -0.39 is 0 Å². The molecule has 5 rings (SSSR count). The van der Waals surface area contributed by atoms with Gasteiger partial charge in [-0.2, -0.15) is 5.10 Å². The summed E-state index contributed by atoms with van der Waals surface area (Å²) in [6, 6.07) is 17.2. The quantitative estimate of drug-likeness (QED) is 0.287. The number of aryl methyl sites for hydroxylation is 1. The van der Waals surface area contributed by atoms with Crippen LogP contribution in [0.15, 0.2) is 65.3 Å². The molecule has 4 aromatic rings. The molecule has 0 radical (unpaired) electrons. The Bertz CT molecular complexity index is 1570. The largest absolute Gasteiger partial charge is 0.497 e. The molecule has 2 amide bonds. The Labute approximate surface area is 250 Å². The van der Waals surface area contributed by atoms with Gasteiger partial charge in [-0.3, -0.25) is 14.5 Å². The molecular weight excluding hydrogens is 552 g/mol. The molecule has 1 N–H and O–H groups in total. The maximum atomic E-state index is 13.9. The molecule has 0 aliphatic carbocycles. The molecule has 2 aromatic carbocycles. The van der Waals surface area contributed by atoms with Crippen molar-refractivity contribution in [3.05, 3.63) is 89.0 Å². The van der Waals surface area contributed by atoms with E-state index in [1.54, 1.807) is 42.2 Å². The zero-order valence-electron chi connectivity index (χ0n) is 24.8. The molecule has 10 heteroatoms. The van der Waals surface area contributed by atoms with Gasteiger partial charge < -0.3 is 19.2 Å². The van der Waals surface area contributed by atoms with Crippen molar-refractivity contribution in [2.24, 2.45) is 0 Å². The van der Waals surface area contributed by atoms with Gasteiger partial charge in [0.25, 0.3) is 0 Å². The number of nitrogens with one attached hydrogen (secondary N) is 1. The number of rotatable bonds is 8. The highest BCUT2D eigenvalue weighted by Crippen LogP contribution is 2.50. The molecule has 42 heavy (non-hydrogen) atoms. The van der Waals surface area contributed by atoms with E-state index in [-0.39, 0.29) is 41.3 Å². The Morgan fingerprint density at radius 3 is 2.52 bits per heavy atom. The summed E-state index contributed by atoms with van der Waals surface area (Å²) in [5, 5.41) is 7.71. The molecule has 0 unspecified atom stereocenters. The van der Waals surface area contributed by atoms with Crippen molar-refractivity contribution in [3.8, 4) is 17.2 Å². The first-order valence-corrected chi connectivity index (χ1v) is 14.8. The number of furan rings is 1. The van der Waals surface area contributed by atoms with Gasteiger partial charge in [0.2, 0.25) is 11.8 Å². The lowest BCUT2D eigenvalue weighted by Gasteiger charge is -2.25. The van der Waals surface area contributed by atoms with Gasteiger partial charge in [0.05, 0.1) is 49.4 Å². The predicted molar refractivity (Wildman–Crippen MR) is 164 cm³/mol. The molecule has 220 valence electrons. The molecule has 0 saturated heterocycles. The maximum absolute atomic E-state index is 13.9. The van der Waals surface area contributed by atoms with Crippen molar-refractivity contribution in [2.75, 3.05) is 31.4 Å². The molecule has 0 saturated carbocycles. The fraction of sp³-hybridized carbons (Fsp3) is 0.344. The third-order valence-electron chi connectivity index (χ3n) is 7.14. The summed E-state index contributed by atoms with van der Waals surface area (Å²) in [4.78, 5) is 28.8. The molecule has 3 heterocycles. The number of aromatic nitrogens is 2.